The fraction of sp³-hybridized carbons (Fsp3) is 0. The fourth-order valence-electron chi connectivity index (χ4n) is 0.774. The van der Waals surface area contributed by atoms with Crippen LogP contribution >= 0.6 is 0 Å². The summed E-state index contributed by atoms with van der Waals surface area (Å²) in [5.41, 5.74) is -0.300. The average molecular weight is 226 g/mol. The van der Waals surface area contributed by atoms with Crippen LogP contribution in [0.3, 0.4) is 0 Å². The number of sulfonamides is 1. The van der Waals surface area contributed by atoms with E-state index in [1.807, 2.05) is 0 Å². The van der Waals surface area contributed by atoms with Crippen molar-refractivity contribution < 1.29 is 44.3 Å². The van der Waals surface area contributed by atoms with E-state index in [1.165, 1.54) is 18.2 Å². The third-order valence-electron chi connectivity index (χ3n) is 1.36. The summed E-state index contributed by atoms with van der Waals surface area (Å²) in [6.45, 7) is 0. The van der Waals surface area contributed by atoms with Crippen molar-refractivity contribution in [2.24, 2.45) is 5.14 Å². The van der Waals surface area contributed by atoms with Gasteiger partial charge in [-0.3, -0.25) is 10.1 Å². The van der Waals surface area contributed by atoms with Crippen LogP contribution in [0.5, 0.6) is 0 Å². The fourth-order valence-corrected chi connectivity index (χ4v) is 1.33. The molecule has 0 saturated carbocycles. The van der Waals surface area contributed by atoms with Crippen molar-refractivity contribution in [1.29, 1.82) is 0 Å². The molecule has 0 amide bonds. The number of hydrogen-bond donors (Lipinski definition) is 1. The zero-order chi connectivity index (χ0) is 10.1. The molecule has 0 aromatic heterocycles. The second-order valence-electron chi connectivity index (χ2n) is 2.30. The van der Waals surface area contributed by atoms with E-state index in [9.17, 15) is 18.5 Å². The Morgan fingerprint density at radius 2 is 2.00 bits per heavy atom. The standard InChI is InChI=1S/C6H6N2O4S.Na.H/c7-13(11,12)6-3-1-2-5(4-6)8(9)10;;/h1-4H,(H2,7,11,12);;/q;+1;-1. The number of primary sulfonamides is 1. The molecule has 0 unspecified atom stereocenters. The number of nitro groups is 1. The Morgan fingerprint density at radius 3 is 2.43 bits per heavy atom. The first-order chi connectivity index (χ1) is 5.91. The van der Waals surface area contributed by atoms with Crippen LogP contribution in [0.25, 0.3) is 0 Å². The van der Waals surface area contributed by atoms with Crippen LogP contribution < -0.4 is 34.7 Å². The molecule has 8 heteroatoms. The Bertz CT molecular complexity index is 450. The minimum absolute atomic E-state index is 0. The molecule has 0 aliphatic rings. The van der Waals surface area contributed by atoms with E-state index in [4.69, 9.17) is 5.14 Å². The van der Waals surface area contributed by atoms with Gasteiger partial charge in [-0.1, -0.05) is 6.07 Å². The van der Waals surface area contributed by atoms with Gasteiger partial charge in [-0.15, -0.1) is 0 Å². The Labute approximate surface area is 104 Å². The first-order valence-corrected chi connectivity index (χ1v) is 4.73. The van der Waals surface area contributed by atoms with Gasteiger partial charge in [0.2, 0.25) is 10.0 Å². The van der Waals surface area contributed by atoms with Crippen LogP contribution in [0, 0.1) is 10.1 Å². The third-order valence-corrected chi connectivity index (χ3v) is 2.27. The summed E-state index contributed by atoms with van der Waals surface area (Å²) in [4.78, 5) is 9.30. The van der Waals surface area contributed by atoms with Crippen LogP contribution in [-0.2, 0) is 10.0 Å². The van der Waals surface area contributed by atoms with E-state index in [2.05, 4.69) is 0 Å². The minimum Gasteiger partial charge on any atom is -1.00 e. The van der Waals surface area contributed by atoms with Gasteiger partial charge in [-0.25, -0.2) is 13.6 Å². The van der Waals surface area contributed by atoms with Gasteiger partial charge in [0.05, 0.1) is 9.82 Å². The molecule has 0 atom stereocenters. The minimum atomic E-state index is -3.86. The molecule has 0 spiro atoms. The number of non-ortho nitro benzene ring substituents is 1. The van der Waals surface area contributed by atoms with E-state index in [-0.39, 0.29) is 41.6 Å². The average Bonchev–Trinajstić information content (AvgIpc) is 2.03. The monoisotopic (exact) mass is 226 g/mol. The molecule has 0 aliphatic carbocycles. The van der Waals surface area contributed by atoms with Gasteiger partial charge in [0, 0.05) is 12.1 Å². The van der Waals surface area contributed by atoms with E-state index >= 15 is 0 Å². The molecule has 0 saturated heterocycles. The summed E-state index contributed by atoms with van der Waals surface area (Å²) < 4.78 is 21.5. The van der Waals surface area contributed by atoms with Gasteiger partial charge in [0.15, 0.2) is 0 Å². The number of nitrogens with two attached hydrogens (primary N) is 1. The molecule has 0 bridgehead atoms. The van der Waals surface area contributed by atoms with E-state index < -0.39 is 14.9 Å². The molecule has 0 radical (unpaired) electrons. The van der Waals surface area contributed by atoms with E-state index in [1.54, 1.807) is 0 Å². The molecular weight excluding hydrogens is 219 g/mol. The molecule has 14 heavy (non-hydrogen) atoms. The van der Waals surface area contributed by atoms with Gasteiger partial charge in [0.25, 0.3) is 5.69 Å². The predicted molar refractivity (Wildman–Crippen MR) is 45.6 cm³/mol. The second kappa shape index (κ2) is 4.85. The van der Waals surface area contributed by atoms with Gasteiger partial charge >= 0.3 is 29.6 Å². The molecule has 0 heterocycles. The molecular formula is C6H7N2NaO4S. The molecule has 1 rings (SSSR count). The molecule has 2 N–H and O–H groups in total. The summed E-state index contributed by atoms with van der Waals surface area (Å²) in [5.74, 6) is 0. The number of rotatable bonds is 2. The summed E-state index contributed by atoms with van der Waals surface area (Å²) in [6, 6.07) is 4.56. The van der Waals surface area contributed by atoms with Crippen LogP contribution in [0.4, 0.5) is 5.69 Å². The zero-order valence-electron chi connectivity index (χ0n) is 8.38. The number of hydrogen-bond acceptors (Lipinski definition) is 4. The number of benzene rings is 1. The molecule has 6 nitrogen and oxygen atoms in total. The van der Waals surface area contributed by atoms with E-state index in [0.29, 0.717) is 0 Å². The first kappa shape index (κ1) is 13.5. The Morgan fingerprint density at radius 1 is 1.43 bits per heavy atom. The van der Waals surface area contributed by atoms with Gasteiger partial charge in [0.1, 0.15) is 0 Å². The summed E-state index contributed by atoms with van der Waals surface area (Å²) >= 11 is 0. The largest absolute Gasteiger partial charge is 1.00 e. The summed E-state index contributed by atoms with van der Waals surface area (Å²) in [5, 5.41) is 15.0. The maximum Gasteiger partial charge on any atom is 1.00 e. The molecule has 0 aliphatic heterocycles. The smallest absolute Gasteiger partial charge is 1.00 e. The van der Waals surface area contributed by atoms with Crippen molar-refractivity contribution in [3.8, 4) is 0 Å². The van der Waals surface area contributed by atoms with Crippen LogP contribution in [0.1, 0.15) is 1.43 Å². The summed E-state index contributed by atoms with van der Waals surface area (Å²) in [7, 11) is -3.86. The number of nitrogens with zero attached hydrogens (tertiary/aromatic N) is 1. The zero-order valence-corrected chi connectivity index (χ0v) is 10.2. The topological polar surface area (TPSA) is 103 Å². The third kappa shape index (κ3) is 3.35. The Hall–Kier alpha value is -0.470. The summed E-state index contributed by atoms with van der Waals surface area (Å²) in [6.07, 6.45) is 0. The Balaban J connectivity index is 0. The maximum atomic E-state index is 10.8. The number of nitro benzene ring substituents is 1. The van der Waals surface area contributed by atoms with Crippen molar-refractivity contribution in [3.63, 3.8) is 0 Å². The van der Waals surface area contributed by atoms with Gasteiger partial charge in [-0.05, 0) is 6.07 Å². The predicted octanol–water partition coefficient (Wildman–Crippen LogP) is -2.64. The van der Waals surface area contributed by atoms with Crippen LogP contribution in [0.2, 0.25) is 0 Å². The molecule has 0 fully saturated rings. The van der Waals surface area contributed by atoms with Gasteiger partial charge in [-0.2, -0.15) is 0 Å². The van der Waals surface area contributed by atoms with Crippen LogP contribution in [-0.4, -0.2) is 13.3 Å². The van der Waals surface area contributed by atoms with Crippen molar-refractivity contribution in [3.05, 3.63) is 34.4 Å². The quantitative estimate of drug-likeness (QED) is 0.338. The molecule has 1 aromatic rings. The Kier molecular flexibility index (Phi) is 4.69. The maximum absolute atomic E-state index is 10.8. The van der Waals surface area contributed by atoms with Gasteiger partial charge < -0.3 is 1.43 Å². The van der Waals surface area contributed by atoms with E-state index in [0.717, 1.165) is 6.07 Å². The van der Waals surface area contributed by atoms with Crippen molar-refractivity contribution in [2.45, 2.75) is 4.90 Å². The van der Waals surface area contributed by atoms with Crippen LogP contribution in [0.15, 0.2) is 29.2 Å². The first-order valence-electron chi connectivity index (χ1n) is 3.18. The SMILES string of the molecule is NS(=O)(=O)c1cccc([N+](=O)[O-])c1.[H-].[Na+]. The second-order valence-corrected chi connectivity index (χ2v) is 3.86. The molecule has 1 aromatic carbocycles. The van der Waals surface area contributed by atoms with Crippen molar-refractivity contribution in [1.82, 2.24) is 0 Å². The normalized spacial score (nSPS) is 10.4. The van der Waals surface area contributed by atoms with Crippen molar-refractivity contribution in [2.75, 3.05) is 0 Å². The molecule has 72 valence electrons. The van der Waals surface area contributed by atoms with Crippen molar-refractivity contribution >= 4 is 15.7 Å².